The number of fused-ring (bicyclic) bond motifs is 1. The van der Waals surface area contributed by atoms with Crippen LogP contribution in [0.5, 0.6) is 5.88 Å². The summed E-state index contributed by atoms with van der Waals surface area (Å²) in [5.74, 6) is 0.684. The van der Waals surface area contributed by atoms with E-state index in [1.54, 1.807) is 13.3 Å². The molecular formula is C36H39Cl2N5O3. The molecule has 0 atom stereocenters. The Labute approximate surface area is 280 Å². The van der Waals surface area contributed by atoms with Gasteiger partial charge in [0, 0.05) is 68.4 Å². The zero-order chi connectivity index (χ0) is 32.4. The second-order valence-corrected chi connectivity index (χ2v) is 13.0. The number of aryl methyl sites for hydroxylation is 1. The molecule has 4 heterocycles. The summed E-state index contributed by atoms with van der Waals surface area (Å²) >= 11 is 14.0. The van der Waals surface area contributed by atoms with E-state index in [9.17, 15) is 9.90 Å². The minimum atomic E-state index is -0.0648. The van der Waals surface area contributed by atoms with E-state index in [2.05, 4.69) is 28.6 Å². The molecule has 6 rings (SSSR count). The summed E-state index contributed by atoms with van der Waals surface area (Å²) in [4.78, 5) is 32.4. The van der Waals surface area contributed by atoms with Crippen LogP contribution < -0.4 is 4.74 Å². The molecule has 2 aliphatic heterocycles. The highest BCUT2D eigenvalue weighted by Gasteiger charge is 2.28. The van der Waals surface area contributed by atoms with Crippen LogP contribution in [-0.4, -0.2) is 75.5 Å². The van der Waals surface area contributed by atoms with Gasteiger partial charge in [-0.05, 0) is 49.1 Å². The minimum Gasteiger partial charge on any atom is -0.480 e. The van der Waals surface area contributed by atoms with Crippen molar-refractivity contribution >= 4 is 29.0 Å². The summed E-state index contributed by atoms with van der Waals surface area (Å²) in [6, 6.07) is 13.3. The van der Waals surface area contributed by atoms with Crippen molar-refractivity contribution in [3.63, 3.8) is 0 Å². The minimum absolute atomic E-state index is 0.0648. The maximum atomic E-state index is 13.6. The molecule has 1 fully saturated rings. The molecule has 0 bridgehead atoms. The molecule has 0 unspecified atom stereocenters. The van der Waals surface area contributed by atoms with Gasteiger partial charge in [0.2, 0.25) is 5.88 Å². The van der Waals surface area contributed by atoms with Crippen molar-refractivity contribution in [2.75, 3.05) is 39.9 Å². The molecule has 4 aromatic rings. The van der Waals surface area contributed by atoms with Crippen LogP contribution in [0.15, 0.2) is 48.7 Å². The lowest BCUT2D eigenvalue weighted by atomic mass is 9.95. The Morgan fingerprint density at radius 2 is 1.78 bits per heavy atom. The van der Waals surface area contributed by atoms with Crippen LogP contribution in [0.25, 0.3) is 22.4 Å². The largest absolute Gasteiger partial charge is 0.480 e. The monoisotopic (exact) mass is 659 g/mol. The Morgan fingerprint density at radius 1 is 1.04 bits per heavy atom. The van der Waals surface area contributed by atoms with Crippen LogP contribution in [0, 0.1) is 12.8 Å². The van der Waals surface area contributed by atoms with Crippen LogP contribution in [-0.2, 0) is 25.9 Å². The van der Waals surface area contributed by atoms with Gasteiger partial charge in [-0.3, -0.25) is 19.6 Å². The topological polar surface area (TPSA) is 91.7 Å². The van der Waals surface area contributed by atoms with E-state index in [-0.39, 0.29) is 18.8 Å². The third-order valence-corrected chi connectivity index (χ3v) is 9.83. The number of carbonyl (C=O) groups excluding carboxylic acids is 1. The Kier molecular flexibility index (Phi) is 10.0. The van der Waals surface area contributed by atoms with Crippen molar-refractivity contribution in [3.05, 3.63) is 92.5 Å². The second kappa shape index (κ2) is 14.2. The summed E-state index contributed by atoms with van der Waals surface area (Å²) < 4.78 is 5.59. The predicted octanol–water partition coefficient (Wildman–Crippen LogP) is 6.45. The molecule has 46 heavy (non-hydrogen) atoms. The predicted molar refractivity (Wildman–Crippen MR) is 182 cm³/mol. The lowest BCUT2D eigenvalue weighted by Gasteiger charge is -2.37. The number of benzene rings is 2. The molecule has 2 aromatic heterocycles. The maximum absolute atomic E-state index is 13.6. The standard InChI is InChI=1S/C36H39Cl2N5O3/c1-4-12-42-13-11-25-22(2)14-29(40-31(25)19-42)33(45)15-24-7-5-8-26(34(24)37)27-9-6-10-28(35(27)38)30-16-39-32(36(41-30)46-3)20-43-17-23(18-43)21-44/h5-10,14,16,23,44H,4,11-13,15,17-21H2,1-3H3. The summed E-state index contributed by atoms with van der Waals surface area (Å²) in [5, 5.41) is 10.3. The SMILES string of the molecule is CCCN1CCc2c(C)cc(C(=O)Cc3cccc(-c4cccc(-c5cnc(CN6CC(CO)C6)c(OC)n5)c4Cl)c3Cl)nc2C1. The molecule has 2 aliphatic rings. The van der Waals surface area contributed by atoms with Crippen molar-refractivity contribution in [3.8, 4) is 28.3 Å². The maximum Gasteiger partial charge on any atom is 0.237 e. The Morgan fingerprint density at radius 3 is 2.52 bits per heavy atom. The number of rotatable bonds is 11. The molecule has 0 amide bonds. The molecular weight excluding hydrogens is 621 g/mol. The van der Waals surface area contributed by atoms with Crippen molar-refractivity contribution in [2.24, 2.45) is 5.92 Å². The lowest BCUT2D eigenvalue weighted by Crippen LogP contribution is -2.47. The summed E-state index contributed by atoms with van der Waals surface area (Å²) in [7, 11) is 1.58. The molecule has 0 aliphatic carbocycles. The molecule has 10 heteroatoms. The number of aromatic nitrogens is 3. The van der Waals surface area contributed by atoms with E-state index in [1.165, 1.54) is 5.56 Å². The Hall–Kier alpha value is -3.40. The van der Waals surface area contributed by atoms with Gasteiger partial charge < -0.3 is 9.84 Å². The number of hydrogen-bond acceptors (Lipinski definition) is 8. The van der Waals surface area contributed by atoms with Crippen molar-refractivity contribution < 1.29 is 14.6 Å². The van der Waals surface area contributed by atoms with E-state index in [1.807, 2.05) is 42.5 Å². The number of aliphatic hydroxyl groups is 1. The highest BCUT2D eigenvalue weighted by molar-refractivity contribution is 6.38. The number of methoxy groups -OCH3 is 1. The fraction of sp³-hybridized carbons (Fsp3) is 0.389. The lowest BCUT2D eigenvalue weighted by molar-refractivity contribution is 0.0462. The van der Waals surface area contributed by atoms with E-state index in [0.717, 1.165) is 79.2 Å². The van der Waals surface area contributed by atoms with Gasteiger partial charge in [-0.2, -0.15) is 0 Å². The number of pyridine rings is 1. The number of nitrogens with zero attached hydrogens (tertiary/aromatic N) is 5. The van der Waals surface area contributed by atoms with Gasteiger partial charge in [-0.1, -0.05) is 66.5 Å². The third-order valence-electron chi connectivity index (χ3n) is 8.97. The van der Waals surface area contributed by atoms with Gasteiger partial charge in [0.15, 0.2) is 5.78 Å². The highest BCUT2D eigenvalue weighted by Crippen LogP contribution is 2.40. The van der Waals surface area contributed by atoms with Gasteiger partial charge >= 0.3 is 0 Å². The number of ketones is 1. The molecule has 8 nitrogen and oxygen atoms in total. The number of likely N-dealkylation sites (tertiary alicyclic amines) is 1. The zero-order valence-electron chi connectivity index (χ0n) is 26.5. The van der Waals surface area contributed by atoms with Crippen molar-refractivity contribution in [1.29, 1.82) is 0 Å². The number of aliphatic hydroxyl groups excluding tert-OH is 1. The fourth-order valence-electron chi connectivity index (χ4n) is 6.51. The number of Topliss-reactive ketones (excluding diaryl/α,β-unsaturated/α-hetero) is 1. The first-order valence-electron chi connectivity index (χ1n) is 15.8. The first-order valence-corrected chi connectivity index (χ1v) is 16.6. The molecule has 1 saturated heterocycles. The molecule has 0 radical (unpaired) electrons. The molecule has 0 spiro atoms. The van der Waals surface area contributed by atoms with Crippen molar-refractivity contribution in [1.82, 2.24) is 24.8 Å². The smallest absolute Gasteiger partial charge is 0.237 e. The molecule has 0 saturated carbocycles. The summed E-state index contributed by atoms with van der Waals surface area (Å²) in [6.45, 7) is 9.52. The number of hydrogen-bond donors (Lipinski definition) is 1. The Balaban J connectivity index is 1.24. The first-order chi connectivity index (χ1) is 22.3. The fourth-order valence-corrected chi connectivity index (χ4v) is 7.12. The van der Waals surface area contributed by atoms with Gasteiger partial charge in [0.25, 0.3) is 0 Å². The van der Waals surface area contributed by atoms with Crippen molar-refractivity contribution in [2.45, 2.75) is 46.2 Å². The van der Waals surface area contributed by atoms with Gasteiger partial charge in [0.05, 0.1) is 34.7 Å². The normalized spacial score (nSPS) is 15.4. The van der Waals surface area contributed by atoms with Crippen LogP contribution in [0.3, 0.4) is 0 Å². The zero-order valence-corrected chi connectivity index (χ0v) is 28.0. The van der Waals surface area contributed by atoms with E-state index in [4.69, 9.17) is 37.9 Å². The van der Waals surface area contributed by atoms with Gasteiger partial charge in [-0.15, -0.1) is 0 Å². The van der Waals surface area contributed by atoms with E-state index >= 15 is 0 Å². The number of halogens is 2. The first kappa shape index (κ1) is 32.5. The average Bonchev–Trinajstić information content (AvgIpc) is 3.04. The molecule has 2 aromatic carbocycles. The number of ether oxygens (including phenoxy) is 1. The number of carbonyl (C=O) groups is 1. The molecule has 240 valence electrons. The third kappa shape index (κ3) is 6.68. The average molecular weight is 661 g/mol. The Bertz CT molecular complexity index is 1760. The molecule has 1 N–H and O–H groups in total. The van der Waals surface area contributed by atoms with Crippen LogP contribution in [0.1, 0.15) is 51.9 Å². The quantitative estimate of drug-likeness (QED) is 0.184. The van der Waals surface area contributed by atoms with Gasteiger partial charge in [0.1, 0.15) is 11.4 Å². The van der Waals surface area contributed by atoms with E-state index in [0.29, 0.717) is 45.3 Å². The van der Waals surface area contributed by atoms with Crippen LogP contribution >= 0.6 is 23.2 Å². The highest BCUT2D eigenvalue weighted by atomic mass is 35.5. The summed E-state index contributed by atoms with van der Waals surface area (Å²) in [5.41, 5.74) is 8.08. The van der Waals surface area contributed by atoms with Crippen LogP contribution in [0.2, 0.25) is 10.0 Å². The van der Waals surface area contributed by atoms with Crippen LogP contribution in [0.4, 0.5) is 0 Å². The van der Waals surface area contributed by atoms with Gasteiger partial charge in [-0.25, -0.2) is 9.97 Å². The second-order valence-electron chi connectivity index (χ2n) is 12.3. The van der Waals surface area contributed by atoms with E-state index < -0.39 is 0 Å². The summed E-state index contributed by atoms with van der Waals surface area (Å²) in [6.07, 6.45) is 3.89.